The van der Waals surface area contributed by atoms with Crippen molar-refractivity contribution >= 4 is 16.9 Å². The van der Waals surface area contributed by atoms with Gasteiger partial charge in [-0.25, -0.2) is 4.99 Å². The SMILES string of the molecule is COc1ccc2ncc(C3(N)C=CNC(N)=N3)cc2c1. The molecule has 2 aromatic rings. The molecule has 5 N–H and O–H groups in total. The molecular formula is C14H15N5O. The van der Waals surface area contributed by atoms with E-state index in [2.05, 4.69) is 15.3 Å². The van der Waals surface area contributed by atoms with Crippen molar-refractivity contribution in [3.8, 4) is 5.75 Å². The van der Waals surface area contributed by atoms with Gasteiger partial charge in [0.15, 0.2) is 11.6 Å². The maximum Gasteiger partial charge on any atom is 0.195 e. The first-order valence-corrected chi connectivity index (χ1v) is 6.13. The Morgan fingerprint density at radius 1 is 1.30 bits per heavy atom. The van der Waals surface area contributed by atoms with E-state index < -0.39 is 5.66 Å². The first-order valence-electron chi connectivity index (χ1n) is 6.13. The molecule has 2 heterocycles. The molecule has 20 heavy (non-hydrogen) atoms. The van der Waals surface area contributed by atoms with Gasteiger partial charge in [0.2, 0.25) is 0 Å². The van der Waals surface area contributed by atoms with Crippen LogP contribution in [0.2, 0.25) is 0 Å². The van der Waals surface area contributed by atoms with Gasteiger partial charge in [0, 0.05) is 23.3 Å². The lowest BCUT2D eigenvalue weighted by atomic mass is 10.0. The van der Waals surface area contributed by atoms with Crippen LogP contribution in [0.3, 0.4) is 0 Å². The van der Waals surface area contributed by atoms with E-state index in [1.165, 1.54) is 0 Å². The normalized spacial score (nSPS) is 21.4. The largest absolute Gasteiger partial charge is 0.497 e. The molecule has 1 aliphatic heterocycles. The van der Waals surface area contributed by atoms with Gasteiger partial charge in [-0.15, -0.1) is 0 Å². The Morgan fingerprint density at radius 3 is 2.90 bits per heavy atom. The molecule has 0 saturated carbocycles. The summed E-state index contributed by atoms with van der Waals surface area (Å²) < 4.78 is 5.22. The van der Waals surface area contributed by atoms with E-state index in [1.807, 2.05) is 24.3 Å². The lowest BCUT2D eigenvalue weighted by Gasteiger charge is -2.25. The fraction of sp³-hybridized carbons (Fsp3) is 0.143. The highest BCUT2D eigenvalue weighted by Gasteiger charge is 2.26. The van der Waals surface area contributed by atoms with Crippen molar-refractivity contribution in [1.29, 1.82) is 0 Å². The smallest absolute Gasteiger partial charge is 0.195 e. The van der Waals surface area contributed by atoms with E-state index in [0.717, 1.165) is 22.2 Å². The summed E-state index contributed by atoms with van der Waals surface area (Å²) in [4.78, 5) is 8.64. The van der Waals surface area contributed by atoms with Gasteiger partial charge in [-0.2, -0.15) is 0 Å². The number of aliphatic imine (C=N–C) groups is 1. The van der Waals surface area contributed by atoms with E-state index in [-0.39, 0.29) is 5.96 Å². The van der Waals surface area contributed by atoms with Gasteiger partial charge in [0.1, 0.15) is 5.75 Å². The molecule has 0 fully saturated rings. The Bertz CT molecular complexity index is 725. The predicted molar refractivity (Wildman–Crippen MR) is 78.1 cm³/mol. The molecule has 102 valence electrons. The van der Waals surface area contributed by atoms with Crippen LogP contribution < -0.4 is 21.5 Å². The Kier molecular flexibility index (Phi) is 2.80. The van der Waals surface area contributed by atoms with Crippen LogP contribution in [0.15, 0.2) is 47.7 Å². The summed E-state index contributed by atoms with van der Waals surface area (Å²) in [6, 6.07) is 7.62. The monoisotopic (exact) mass is 269 g/mol. The summed E-state index contributed by atoms with van der Waals surface area (Å²) in [6.07, 6.45) is 5.13. The molecule has 6 nitrogen and oxygen atoms in total. The first kappa shape index (κ1) is 12.4. The predicted octanol–water partition coefficient (Wildman–Crippen LogP) is 0.786. The quantitative estimate of drug-likeness (QED) is 0.748. The van der Waals surface area contributed by atoms with Crippen molar-refractivity contribution in [1.82, 2.24) is 10.3 Å². The van der Waals surface area contributed by atoms with Crippen LogP contribution in [0.4, 0.5) is 0 Å². The fourth-order valence-corrected chi connectivity index (χ4v) is 2.14. The third kappa shape index (κ3) is 2.06. The molecule has 1 atom stereocenters. The van der Waals surface area contributed by atoms with Gasteiger partial charge < -0.3 is 15.8 Å². The number of methoxy groups -OCH3 is 1. The standard InChI is InChI=1S/C14H15N5O/c1-20-11-2-3-12-9(7-11)6-10(8-18-12)14(16)4-5-17-13(15)19-14/h2-8H,16H2,1H3,(H3,15,17,19). The zero-order valence-corrected chi connectivity index (χ0v) is 11.0. The van der Waals surface area contributed by atoms with Crippen LogP contribution in [0.5, 0.6) is 5.75 Å². The molecule has 0 saturated heterocycles. The fourth-order valence-electron chi connectivity index (χ4n) is 2.14. The molecule has 3 rings (SSSR count). The number of nitrogens with one attached hydrogen (secondary N) is 1. The molecule has 0 spiro atoms. The summed E-state index contributed by atoms with van der Waals surface area (Å²) in [5, 5.41) is 3.73. The Labute approximate surface area is 116 Å². The number of rotatable bonds is 2. The highest BCUT2D eigenvalue weighted by atomic mass is 16.5. The molecular weight excluding hydrogens is 254 g/mol. The van der Waals surface area contributed by atoms with Crippen molar-refractivity contribution < 1.29 is 4.74 Å². The lowest BCUT2D eigenvalue weighted by Crippen LogP contribution is -2.42. The minimum Gasteiger partial charge on any atom is -0.497 e. The van der Waals surface area contributed by atoms with E-state index in [9.17, 15) is 0 Å². The average Bonchev–Trinajstić information content (AvgIpc) is 2.46. The second-order valence-corrected chi connectivity index (χ2v) is 4.58. The van der Waals surface area contributed by atoms with Crippen molar-refractivity contribution in [3.63, 3.8) is 0 Å². The molecule has 0 radical (unpaired) electrons. The minimum absolute atomic E-state index is 0.278. The molecule has 0 amide bonds. The molecule has 1 aliphatic rings. The number of hydrogen-bond donors (Lipinski definition) is 3. The number of guanidine groups is 1. The average molecular weight is 269 g/mol. The van der Waals surface area contributed by atoms with E-state index >= 15 is 0 Å². The summed E-state index contributed by atoms with van der Waals surface area (Å²) >= 11 is 0. The summed E-state index contributed by atoms with van der Waals surface area (Å²) in [5.74, 6) is 1.05. The summed E-state index contributed by atoms with van der Waals surface area (Å²) in [5.41, 5.74) is 12.6. The third-order valence-corrected chi connectivity index (χ3v) is 3.22. The van der Waals surface area contributed by atoms with Gasteiger partial charge in [-0.05, 0) is 30.3 Å². The number of ether oxygens (including phenoxy) is 1. The maximum absolute atomic E-state index is 6.27. The van der Waals surface area contributed by atoms with Gasteiger partial charge in [0.25, 0.3) is 0 Å². The van der Waals surface area contributed by atoms with Crippen LogP contribution >= 0.6 is 0 Å². The van der Waals surface area contributed by atoms with Crippen molar-refractivity contribution in [2.75, 3.05) is 7.11 Å². The topological polar surface area (TPSA) is 98.5 Å². The molecule has 1 aromatic heterocycles. The third-order valence-electron chi connectivity index (χ3n) is 3.22. The number of nitrogens with zero attached hydrogens (tertiary/aromatic N) is 2. The number of hydrogen-bond acceptors (Lipinski definition) is 6. The van der Waals surface area contributed by atoms with E-state index in [4.69, 9.17) is 16.2 Å². The van der Waals surface area contributed by atoms with Gasteiger partial charge in [-0.3, -0.25) is 10.7 Å². The Balaban J connectivity index is 2.12. The first-order chi connectivity index (χ1) is 9.60. The summed E-state index contributed by atoms with van der Waals surface area (Å²) in [6.45, 7) is 0. The molecule has 1 unspecified atom stereocenters. The van der Waals surface area contributed by atoms with Crippen LogP contribution in [-0.2, 0) is 5.66 Å². The second-order valence-electron chi connectivity index (χ2n) is 4.58. The van der Waals surface area contributed by atoms with E-state index in [0.29, 0.717) is 0 Å². The van der Waals surface area contributed by atoms with Crippen molar-refractivity contribution in [2.24, 2.45) is 16.5 Å². The van der Waals surface area contributed by atoms with Gasteiger partial charge in [-0.1, -0.05) is 0 Å². The number of fused-ring (bicyclic) bond motifs is 1. The molecule has 1 aromatic carbocycles. The molecule has 0 bridgehead atoms. The zero-order valence-electron chi connectivity index (χ0n) is 11.0. The highest BCUT2D eigenvalue weighted by molar-refractivity contribution is 5.82. The number of pyridine rings is 1. The second kappa shape index (κ2) is 4.50. The Morgan fingerprint density at radius 2 is 2.15 bits per heavy atom. The number of nitrogens with two attached hydrogens (primary N) is 2. The lowest BCUT2D eigenvalue weighted by molar-refractivity contribution is 0.415. The zero-order chi connectivity index (χ0) is 14.2. The van der Waals surface area contributed by atoms with Crippen molar-refractivity contribution in [3.05, 3.63) is 48.3 Å². The number of benzene rings is 1. The van der Waals surface area contributed by atoms with Crippen LogP contribution in [0.1, 0.15) is 5.56 Å². The van der Waals surface area contributed by atoms with Crippen LogP contribution in [0, 0.1) is 0 Å². The molecule has 6 heteroatoms. The number of aromatic nitrogens is 1. The summed E-state index contributed by atoms with van der Waals surface area (Å²) in [7, 11) is 1.63. The van der Waals surface area contributed by atoms with Crippen LogP contribution in [0.25, 0.3) is 10.9 Å². The molecule has 0 aliphatic carbocycles. The maximum atomic E-state index is 6.27. The Hall–Kier alpha value is -2.60. The van der Waals surface area contributed by atoms with Gasteiger partial charge in [0.05, 0.1) is 12.6 Å². The van der Waals surface area contributed by atoms with Crippen molar-refractivity contribution in [2.45, 2.75) is 5.66 Å². The minimum atomic E-state index is -1.00. The van der Waals surface area contributed by atoms with Gasteiger partial charge >= 0.3 is 0 Å². The van der Waals surface area contributed by atoms with E-state index in [1.54, 1.807) is 25.6 Å². The van der Waals surface area contributed by atoms with Crippen LogP contribution in [-0.4, -0.2) is 18.1 Å². The highest BCUT2D eigenvalue weighted by Crippen LogP contribution is 2.27.